The molecule has 0 aliphatic heterocycles. The van der Waals surface area contributed by atoms with E-state index in [4.69, 9.17) is 0 Å². The Labute approximate surface area is 118 Å². The molecule has 4 nitrogen and oxygen atoms in total. The van der Waals surface area contributed by atoms with Crippen LogP contribution in [0.5, 0.6) is 0 Å². The zero-order valence-corrected chi connectivity index (χ0v) is 12.3. The summed E-state index contributed by atoms with van der Waals surface area (Å²) in [5.74, 6) is -0.644. The van der Waals surface area contributed by atoms with Crippen molar-refractivity contribution in [3.8, 4) is 0 Å². The van der Waals surface area contributed by atoms with Crippen LogP contribution in [0.25, 0.3) is 6.08 Å². The number of sulfone groups is 1. The lowest BCUT2D eigenvalue weighted by atomic mass is 10.2. The van der Waals surface area contributed by atoms with Crippen LogP contribution in [0, 0.1) is 5.82 Å². The van der Waals surface area contributed by atoms with Crippen molar-refractivity contribution in [2.45, 2.75) is 19.4 Å². The summed E-state index contributed by atoms with van der Waals surface area (Å²) >= 11 is 0. The minimum absolute atomic E-state index is 0.0829. The summed E-state index contributed by atoms with van der Waals surface area (Å²) in [4.78, 5) is 11.6. The van der Waals surface area contributed by atoms with Crippen LogP contribution >= 0.6 is 0 Å². The molecule has 0 saturated carbocycles. The van der Waals surface area contributed by atoms with Crippen molar-refractivity contribution in [3.05, 3.63) is 41.7 Å². The molecule has 1 rings (SSSR count). The van der Waals surface area contributed by atoms with Crippen molar-refractivity contribution >= 4 is 21.8 Å². The van der Waals surface area contributed by atoms with Gasteiger partial charge in [0.25, 0.3) is 0 Å². The number of hydrogen-bond acceptors (Lipinski definition) is 3. The van der Waals surface area contributed by atoms with E-state index in [0.717, 1.165) is 11.8 Å². The Morgan fingerprint density at radius 3 is 2.50 bits per heavy atom. The van der Waals surface area contributed by atoms with Gasteiger partial charge in [0.15, 0.2) is 0 Å². The number of benzene rings is 1. The van der Waals surface area contributed by atoms with Crippen LogP contribution < -0.4 is 5.32 Å². The lowest BCUT2D eigenvalue weighted by Crippen LogP contribution is -2.36. The van der Waals surface area contributed by atoms with E-state index < -0.39 is 15.9 Å². The molecule has 6 heteroatoms. The molecule has 110 valence electrons. The van der Waals surface area contributed by atoms with E-state index in [-0.39, 0.29) is 23.9 Å². The molecule has 0 spiro atoms. The first-order chi connectivity index (χ1) is 9.26. The molecule has 1 atom stereocenters. The largest absolute Gasteiger partial charge is 0.352 e. The van der Waals surface area contributed by atoms with Gasteiger partial charge >= 0.3 is 0 Å². The molecule has 0 heterocycles. The number of carbonyl (C=O) groups is 1. The predicted molar refractivity (Wildman–Crippen MR) is 77.4 cm³/mol. The molecule has 0 saturated heterocycles. The molecule has 0 aliphatic carbocycles. The minimum atomic E-state index is -3.10. The highest BCUT2D eigenvalue weighted by atomic mass is 32.2. The second-order valence-electron chi connectivity index (χ2n) is 4.72. The van der Waals surface area contributed by atoms with Gasteiger partial charge in [-0.25, -0.2) is 12.8 Å². The summed E-state index contributed by atoms with van der Waals surface area (Å²) in [6.45, 7) is 1.64. The Kier molecular flexibility index (Phi) is 5.88. The first kappa shape index (κ1) is 16.4. The SMILES string of the molecule is CC(CS(C)(=O)=O)NC(=O)C/C=C/c1ccc(F)cc1. The van der Waals surface area contributed by atoms with Crippen LogP contribution in [0.3, 0.4) is 0 Å². The zero-order valence-electron chi connectivity index (χ0n) is 11.5. The Balaban J connectivity index is 2.41. The van der Waals surface area contributed by atoms with Gasteiger partial charge in [0.05, 0.1) is 5.75 Å². The quantitative estimate of drug-likeness (QED) is 0.871. The van der Waals surface area contributed by atoms with E-state index in [0.29, 0.717) is 0 Å². The number of carbonyl (C=O) groups excluding carboxylic acids is 1. The molecular formula is C14H18FNO3S. The van der Waals surface area contributed by atoms with E-state index in [1.807, 2.05) is 0 Å². The van der Waals surface area contributed by atoms with Gasteiger partial charge in [0.1, 0.15) is 15.7 Å². The van der Waals surface area contributed by atoms with Crippen molar-refractivity contribution in [1.29, 1.82) is 0 Å². The van der Waals surface area contributed by atoms with Crippen LogP contribution in [0.1, 0.15) is 18.9 Å². The zero-order chi connectivity index (χ0) is 15.2. The molecule has 1 amide bonds. The first-order valence-corrected chi connectivity index (χ1v) is 8.21. The van der Waals surface area contributed by atoms with E-state index in [1.54, 1.807) is 31.2 Å². The molecule has 0 bridgehead atoms. The van der Waals surface area contributed by atoms with Gasteiger partial charge in [0.2, 0.25) is 5.91 Å². The lowest BCUT2D eigenvalue weighted by Gasteiger charge is -2.11. The van der Waals surface area contributed by atoms with Crippen LogP contribution in [0.4, 0.5) is 4.39 Å². The third-order valence-corrected chi connectivity index (χ3v) is 3.55. The van der Waals surface area contributed by atoms with Gasteiger partial charge in [-0.3, -0.25) is 4.79 Å². The molecule has 20 heavy (non-hydrogen) atoms. The highest BCUT2D eigenvalue weighted by Crippen LogP contribution is 2.05. The van der Waals surface area contributed by atoms with E-state index >= 15 is 0 Å². The summed E-state index contributed by atoms with van der Waals surface area (Å²) in [5, 5.41) is 2.60. The minimum Gasteiger partial charge on any atom is -0.352 e. The summed E-state index contributed by atoms with van der Waals surface area (Å²) in [5.41, 5.74) is 0.795. The van der Waals surface area contributed by atoms with Crippen LogP contribution in [-0.2, 0) is 14.6 Å². The molecule has 1 unspecified atom stereocenters. The van der Waals surface area contributed by atoms with Gasteiger partial charge in [0, 0.05) is 18.7 Å². The molecule has 0 radical (unpaired) electrons. The molecule has 1 aromatic rings. The third kappa shape index (κ3) is 7.04. The van der Waals surface area contributed by atoms with E-state index in [1.165, 1.54) is 12.1 Å². The smallest absolute Gasteiger partial charge is 0.224 e. The second-order valence-corrected chi connectivity index (χ2v) is 6.90. The molecule has 0 aliphatic rings. The summed E-state index contributed by atoms with van der Waals surface area (Å²) in [6, 6.07) is 5.48. The second kappa shape index (κ2) is 7.19. The predicted octanol–water partition coefficient (Wildman–Crippen LogP) is 1.78. The van der Waals surface area contributed by atoms with Crippen molar-refractivity contribution < 1.29 is 17.6 Å². The Bertz CT molecular complexity index is 579. The average molecular weight is 299 g/mol. The van der Waals surface area contributed by atoms with Gasteiger partial charge in [-0.1, -0.05) is 24.3 Å². The van der Waals surface area contributed by atoms with Crippen LogP contribution in [0.2, 0.25) is 0 Å². The molecule has 1 N–H and O–H groups in total. The van der Waals surface area contributed by atoms with Gasteiger partial charge in [-0.2, -0.15) is 0 Å². The number of amides is 1. The highest BCUT2D eigenvalue weighted by molar-refractivity contribution is 7.90. The Hall–Kier alpha value is -1.69. The van der Waals surface area contributed by atoms with Crippen molar-refractivity contribution in [2.75, 3.05) is 12.0 Å². The molecular weight excluding hydrogens is 281 g/mol. The first-order valence-electron chi connectivity index (χ1n) is 6.15. The lowest BCUT2D eigenvalue weighted by molar-refractivity contribution is -0.120. The molecule has 1 aromatic carbocycles. The van der Waals surface area contributed by atoms with Crippen LogP contribution in [0.15, 0.2) is 30.3 Å². The summed E-state index contributed by atoms with van der Waals surface area (Å²) in [6.07, 6.45) is 4.63. The summed E-state index contributed by atoms with van der Waals surface area (Å²) in [7, 11) is -3.10. The van der Waals surface area contributed by atoms with E-state index in [2.05, 4.69) is 5.32 Å². The maximum Gasteiger partial charge on any atom is 0.224 e. The number of hydrogen-bond donors (Lipinski definition) is 1. The topological polar surface area (TPSA) is 63.2 Å². The van der Waals surface area contributed by atoms with Gasteiger partial charge < -0.3 is 5.32 Å². The molecule has 0 aromatic heterocycles. The Morgan fingerprint density at radius 1 is 1.35 bits per heavy atom. The molecule has 0 fully saturated rings. The average Bonchev–Trinajstić information content (AvgIpc) is 2.29. The third-order valence-electron chi connectivity index (χ3n) is 2.44. The normalized spacial score (nSPS) is 13.3. The maximum absolute atomic E-state index is 12.7. The number of rotatable bonds is 6. The maximum atomic E-state index is 12.7. The van der Waals surface area contributed by atoms with Gasteiger partial charge in [-0.15, -0.1) is 0 Å². The standard InChI is InChI=1S/C14H18FNO3S/c1-11(10-20(2,18)19)16-14(17)5-3-4-12-6-8-13(15)9-7-12/h3-4,6-9,11H,5,10H2,1-2H3,(H,16,17)/b4-3+. The highest BCUT2D eigenvalue weighted by Gasteiger charge is 2.12. The monoisotopic (exact) mass is 299 g/mol. The Morgan fingerprint density at radius 2 is 1.95 bits per heavy atom. The van der Waals surface area contributed by atoms with Gasteiger partial charge in [-0.05, 0) is 24.6 Å². The summed E-state index contributed by atoms with van der Waals surface area (Å²) < 4.78 is 34.8. The van der Waals surface area contributed by atoms with Crippen molar-refractivity contribution in [2.24, 2.45) is 0 Å². The number of nitrogens with one attached hydrogen (secondary N) is 1. The van der Waals surface area contributed by atoms with Crippen LogP contribution in [-0.4, -0.2) is 32.4 Å². The van der Waals surface area contributed by atoms with Crippen molar-refractivity contribution in [1.82, 2.24) is 5.32 Å². The number of halogens is 1. The fourth-order valence-electron chi connectivity index (χ4n) is 1.71. The van der Waals surface area contributed by atoms with Crippen molar-refractivity contribution in [3.63, 3.8) is 0 Å². The van der Waals surface area contributed by atoms with E-state index in [9.17, 15) is 17.6 Å². The fourth-order valence-corrected chi connectivity index (χ4v) is 2.70. The fraction of sp³-hybridized carbons (Fsp3) is 0.357.